The summed E-state index contributed by atoms with van der Waals surface area (Å²) in [6.45, 7) is 6.42. The van der Waals surface area contributed by atoms with Crippen molar-refractivity contribution in [1.29, 1.82) is 0 Å². The van der Waals surface area contributed by atoms with Crippen molar-refractivity contribution >= 4 is 29.0 Å². The highest BCUT2D eigenvalue weighted by Gasteiger charge is 2.60. The summed E-state index contributed by atoms with van der Waals surface area (Å²) in [7, 11) is 1.67. The van der Waals surface area contributed by atoms with Crippen LogP contribution in [0.25, 0.3) is 0 Å². The fourth-order valence-electron chi connectivity index (χ4n) is 8.95. The molecule has 0 aromatic heterocycles. The van der Waals surface area contributed by atoms with Gasteiger partial charge in [-0.3, -0.25) is 9.59 Å². The fraction of sp³-hybridized carbons (Fsp3) is 0.581. The van der Waals surface area contributed by atoms with Crippen molar-refractivity contribution in [3.8, 4) is 5.75 Å². The van der Waals surface area contributed by atoms with Gasteiger partial charge < -0.3 is 4.74 Å². The summed E-state index contributed by atoms with van der Waals surface area (Å²) in [5.74, 6) is 2.97. The summed E-state index contributed by atoms with van der Waals surface area (Å²) in [5, 5.41) is 7.18. The number of fused-ring (bicyclic) bond motifs is 5. The maximum absolute atomic E-state index is 12.6. The third-order valence-electron chi connectivity index (χ3n) is 10.8. The molecule has 3 saturated carbocycles. The first-order chi connectivity index (χ1) is 17.7. The van der Waals surface area contributed by atoms with Crippen molar-refractivity contribution in [3.63, 3.8) is 0 Å². The topological polar surface area (TPSA) is 59.0 Å². The van der Waals surface area contributed by atoms with Gasteiger partial charge in [0.15, 0.2) is 5.78 Å². The van der Waals surface area contributed by atoms with Crippen LogP contribution in [0.2, 0.25) is 0 Å². The number of hydrogen-bond donors (Lipinski definition) is 0. The zero-order chi connectivity index (χ0) is 26.1. The molecule has 0 saturated heterocycles. The molecule has 0 spiro atoms. The maximum atomic E-state index is 12.6. The van der Waals surface area contributed by atoms with E-state index in [0.29, 0.717) is 28.7 Å². The zero-order valence-corrected chi connectivity index (χ0v) is 23.1. The van der Waals surface area contributed by atoms with E-state index < -0.39 is 0 Å². The Balaban J connectivity index is 1.27. The fourth-order valence-corrected chi connectivity index (χ4v) is 9.31. The first-order valence-electron chi connectivity index (χ1n) is 13.8. The molecule has 0 bridgehead atoms. The molecule has 5 aliphatic rings. The molecule has 1 aliphatic heterocycles. The number of ether oxygens (including phenoxy) is 1. The molecule has 5 unspecified atom stereocenters. The van der Waals surface area contributed by atoms with E-state index in [-0.39, 0.29) is 28.6 Å². The second kappa shape index (κ2) is 8.83. The number of rotatable bonds is 3. The minimum absolute atomic E-state index is 0.00532. The molecule has 1 aromatic carbocycles. The van der Waals surface area contributed by atoms with Gasteiger partial charge in [0.05, 0.1) is 18.2 Å². The molecular formula is C31H37ClN2O3. The summed E-state index contributed by atoms with van der Waals surface area (Å²) >= 11 is 6.55. The number of allylic oxidation sites excluding steroid dienone is 4. The number of halogens is 1. The van der Waals surface area contributed by atoms with E-state index >= 15 is 0 Å². The molecule has 37 heavy (non-hydrogen) atoms. The quantitative estimate of drug-likeness (QED) is 0.438. The van der Waals surface area contributed by atoms with Crippen molar-refractivity contribution < 1.29 is 14.3 Å². The van der Waals surface area contributed by atoms with E-state index in [1.165, 1.54) is 17.7 Å². The van der Waals surface area contributed by atoms with Gasteiger partial charge in [0.25, 0.3) is 0 Å². The van der Waals surface area contributed by atoms with Gasteiger partial charge in [0.1, 0.15) is 5.75 Å². The standard InChI is InChI=1S/C31H37ClN2O3/c1-18(35)34-27(19-5-7-20(37-4)8-6-19)17-26(33-34)24-12-11-22-21-9-10-25-29(32)28(36)14-16-31(25,3)23(21)13-15-30(22,24)2/h5-8,14,16,21-24,27H,9-13,15,17H2,1-4H3/t21?,22?,23?,24?,27?,30-,31+/m0/s1. The van der Waals surface area contributed by atoms with Crippen LogP contribution < -0.4 is 4.74 Å². The summed E-state index contributed by atoms with van der Waals surface area (Å²) in [6, 6.07) is 8.00. The van der Waals surface area contributed by atoms with E-state index in [1.807, 2.05) is 12.1 Å². The van der Waals surface area contributed by atoms with Gasteiger partial charge in [0, 0.05) is 30.4 Å². The van der Waals surface area contributed by atoms with E-state index in [1.54, 1.807) is 25.1 Å². The molecular weight excluding hydrogens is 484 g/mol. The molecule has 1 amide bonds. The van der Waals surface area contributed by atoms with Crippen molar-refractivity contribution in [3.05, 3.63) is 52.6 Å². The second-order valence-electron chi connectivity index (χ2n) is 12.3. The Kier molecular flexibility index (Phi) is 5.94. The van der Waals surface area contributed by atoms with E-state index in [2.05, 4.69) is 32.1 Å². The molecule has 0 radical (unpaired) electrons. The third kappa shape index (κ3) is 3.67. The second-order valence-corrected chi connectivity index (χ2v) is 12.7. The lowest BCUT2D eigenvalue weighted by molar-refractivity contribution is -0.130. The Hall–Kier alpha value is -2.40. The Morgan fingerprint density at radius 1 is 1.11 bits per heavy atom. The number of ketones is 1. The highest BCUT2D eigenvalue weighted by atomic mass is 35.5. The Labute approximate surface area is 225 Å². The predicted molar refractivity (Wildman–Crippen MR) is 145 cm³/mol. The SMILES string of the molecule is COc1ccc(C2CC(C3CCC4C5CCC6=C(Cl)C(=O)C=C[C@]6(C)C5CC[C@]34C)=NN2C(C)=O)cc1. The van der Waals surface area contributed by atoms with Crippen LogP contribution in [0.15, 0.2) is 52.1 Å². The molecule has 1 aromatic rings. The highest BCUT2D eigenvalue weighted by molar-refractivity contribution is 6.45. The van der Waals surface area contributed by atoms with Gasteiger partial charge in [-0.25, -0.2) is 5.01 Å². The number of nitrogens with zero attached hydrogens (tertiary/aromatic N) is 2. The van der Waals surface area contributed by atoms with E-state index in [4.69, 9.17) is 21.4 Å². The van der Waals surface area contributed by atoms with Crippen LogP contribution in [0.3, 0.4) is 0 Å². The van der Waals surface area contributed by atoms with Crippen LogP contribution in [-0.4, -0.2) is 29.5 Å². The minimum atomic E-state index is -0.108. The number of hydrazone groups is 1. The Bertz CT molecular complexity index is 1230. The predicted octanol–water partition coefficient (Wildman–Crippen LogP) is 6.84. The van der Waals surface area contributed by atoms with Crippen LogP contribution >= 0.6 is 11.6 Å². The Morgan fingerprint density at radius 2 is 1.86 bits per heavy atom. The number of carbonyl (C=O) groups excluding carboxylic acids is 2. The monoisotopic (exact) mass is 520 g/mol. The van der Waals surface area contributed by atoms with Gasteiger partial charge in [-0.05, 0) is 91.0 Å². The maximum Gasteiger partial charge on any atom is 0.240 e. The molecule has 196 valence electrons. The Morgan fingerprint density at radius 3 is 2.57 bits per heavy atom. The normalized spacial score (nSPS) is 38.7. The first kappa shape index (κ1) is 24.9. The lowest BCUT2D eigenvalue weighted by Crippen LogP contribution is -2.50. The summed E-state index contributed by atoms with van der Waals surface area (Å²) in [4.78, 5) is 24.9. The van der Waals surface area contributed by atoms with E-state index in [0.717, 1.165) is 49.8 Å². The molecule has 3 fully saturated rings. The molecule has 1 heterocycles. The van der Waals surface area contributed by atoms with Gasteiger partial charge in [-0.1, -0.05) is 43.7 Å². The molecule has 6 rings (SSSR count). The smallest absolute Gasteiger partial charge is 0.240 e. The molecule has 4 aliphatic carbocycles. The molecule has 6 heteroatoms. The lowest BCUT2D eigenvalue weighted by Gasteiger charge is -2.57. The highest BCUT2D eigenvalue weighted by Crippen LogP contribution is 2.67. The summed E-state index contributed by atoms with van der Waals surface area (Å²) < 4.78 is 5.34. The van der Waals surface area contributed by atoms with Crippen molar-refractivity contribution in [2.24, 2.45) is 39.6 Å². The number of amides is 1. The lowest BCUT2D eigenvalue weighted by atomic mass is 9.47. The molecule has 7 atom stereocenters. The van der Waals surface area contributed by atoms with Crippen molar-refractivity contribution in [2.75, 3.05) is 7.11 Å². The van der Waals surface area contributed by atoms with Gasteiger partial charge in [-0.2, -0.15) is 5.10 Å². The average Bonchev–Trinajstić information content (AvgIpc) is 3.48. The van der Waals surface area contributed by atoms with Gasteiger partial charge in [-0.15, -0.1) is 0 Å². The number of hydrogen-bond acceptors (Lipinski definition) is 4. The van der Waals surface area contributed by atoms with Gasteiger partial charge in [0.2, 0.25) is 5.91 Å². The third-order valence-corrected chi connectivity index (χ3v) is 11.2. The molecule has 5 nitrogen and oxygen atoms in total. The van der Waals surface area contributed by atoms with Gasteiger partial charge >= 0.3 is 0 Å². The number of benzene rings is 1. The van der Waals surface area contributed by atoms with Crippen LogP contribution in [0.5, 0.6) is 5.75 Å². The summed E-state index contributed by atoms with van der Waals surface area (Å²) in [5.41, 5.74) is 3.55. The van der Waals surface area contributed by atoms with Crippen LogP contribution in [0, 0.1) is 34.5 Å². The largest absolute Gasteiger partial charge is 0.497 e. The van der Waals surface area contributed by atoms with Crippen molar-refractivity contribution in [2.45, 2.75) is 71.8 Å². The van der Waals surface area contributed by atoms with Crippen LogP contribution in [0.1, 0.15) is 77.3 Å². The van der Waals surface area contributed by atoms with Crippen molar-refractivity contribution in [1.82, 2.24) is 5.01 Å². The minimum Gasteiger partial charge on any atom is -0.497 e. The van der Waals surface area contributed by atoms with Crippen LogP contribution in [-0.2, 0) is 9.59 Å². The number of carbonyl (C=O) groups is 2. The average molecular weight is 521 g/mol. The summed E-state index contributed by atoms with van der Waals surface area (Å²) in [6.07, 6.45) is 11.3. The van der Waals surface area contributed by atoms with E-state index in [9.17, 15) is 9.59 Å². The number of methoxy groups -OCH3 is 1. The molecule has 0 N–H and O–H groups in total. The first-order valence-corrected chi connectivity index (χ1v) is 14.2. The van der Waals surface area contributed by atoms with Crippen LogP contribution in [0.4, 0.5) is 0 Å². The zero-order valence-electron chi connectivity index (χ0n) is 22.3.